The van der Waals surface area contributed by atoms with Crippen LogP contribution in [0.5, 0.6) is 0 Å². The van der Waals surface area contributed by atoms with Gasteiger partial charge in [0.1, 0.15) is 0 Å². The van der Waals surface area contributed by atoms with Crippen LogP contribution in [0.2, 0.25) is 0 Å². The molecule has 0 unspecified atom stereocenters. The predicted molar refractivity (Wildman–Crippen MR) is 87.3 cm³/mol. The van der Waals surface area contributed by atoms with E-state index in [0.717, 1.165) is 18.8 Å². The number of fused-ring (bicyclic) bond motifs is 1. The fraction of sp³-hybridized carbons (Fsp3) is 0.714. The number of hydrogen-bond acceptors (Lipinski definition) is 7. The van der Waals surface area contributed by atoms with Crippen molar-refractivity contribution in [1.29, 1.82) is 0 Å². The van der Waals surface area contributed by atoms with E-state index < -0.39 is 15.8 Å². The number of aryl methyl sites for hydroxylation is 1. The van der Waals surface area contributed by atoms with Gasteiger partial charge in [-0.2, -0.15) is 0 Å². The minimum atomic E-state index is -3.07. The summed E-state index contributed by atoms with van der Waals surface area (Å²) in [5.74, 6) is -0.542. The summed E-state index contributed by atoms with van der Waals surface area (Å²) in [7, 11) is -3.07. The Bertz CT molecular complexity index is 688. The average Bonchev–Trinajstić information content (AvgIpc) is 3.00. The minimum absolute atomic E-state index is 0.0518. The minimum Gasteiger partial charge on any atom is -0.481 e. The summed E-state index contributed by atoms with van der Waals surface area (Å²) in [6, 6.07) is -0.148. The van der Waals surface area contributed by atoms with Crippen LogP contribution in [0.25, 0.3) is 0 Å². The van der Waals surface area contributed by atoms with Crippen molar-refractivity contribution in [2.75, 3.05) is 31.1 Å². The van der Waals surface area contributed by atoms with E-state index in [2.05, 4.69) is 9.88 Å². The lowest BCUT2D eigenvalue weighted by Gasteiger charge is -2.43. The molecule has 23 heavy (non-hydrogen) atoms. The molecule has 2 aliphatic heterocycles. The molecule has 2 aliphatic rings. The van der Waals surface area contributed by atoms with Gasteiger partial charge in [0.05, 0.1) is 29.1 Å². The zero-order valence-corrected chi connectivity index (χ0v) is 14.6. The number of aromatic nitrogens is 1. The number of carbonyl (C=O) groups is 1. The lowest BCUT2D eigenvalue weighted by Crippen LogP contribution is -2.58. The maximum atomic E-state index is 12.1. The molecule has 1 N–H and O–H groups in total. The Hall–Kier alpha value is -1.03. The van der Waals surface area contributed by atoms with Gasteiger partial charge in [0.2, 0.25) is 0 Å². The van der Waals surface area contributed by atoms with Crippen LogP contribution in [0.15, 0.2) is 5.51 Å². The summed E-state index contributed by atoms with van der Waals surface area (Å²) in [5.41, 5.74) is 2.82. The van der Waals surface area contributed by atoms with E-state index in [0.29, 0.717) is 13.1 Å². The quantitative estimate of drug-likeness (QED) is 0.803. The lowest BCUT2D eigenvalue weighted by atomic mass is 10.0. The highest BCUT2D eigenvalue weighted by Gasteiger charge is 2.46. The zero-order valence-electron chi connectivity index (χ0n) is 13.0. The van der Waals surface area contributed by atoms with Gasteiger partial charge in [-0.1, -0.05) is 0 Å². The molecular formula is C14H21N3O4S2. The highest BCUT2D eigenvalue weighted by molar-refractivity contribution is 7.91. The molecule has 0 saturated carbocycles. The number of thiazole rings is 1. The molecule has 1 aromatic heterocycles. The number of nitrogens with zero attached hydrogens (tertiary/aromatic N) is 3. The van der Waals surface area contributed by atoms with Gasteiger partial charge in [0.15, 0.2) is 9.84 Å². The van der Waals surface area contributed by atoms with E-state index in [1.165, 1.54) is 4.88 Å². The predicted octanol–water partition coefficient (Wildman–Crippen LogP) is 0.209. The summed E-state index contributed by atoms with van der Waals surface area (Å²) >= 11 is 1.60. The van der Waals surface area contributed by atoms with Crippen LogP contribution in [0.4, 0.5) is 0 Å². The second kappa shape index (κ2) is 6.46. The third kappa shape index (κ3) is 3.73. The fourth-order valence-electron chi connectivity index (χ4n) is 3.47. The van der Waals surface area contributed by atoms with Crippen LogP contribution in [0.1, 0.15) is 17.0 Å². The van der Waals surface area contributed by atoms with Crippen LogP contribution in [0.3, 0.4) is 0 Å². The van der Waals surface area contributed by atoms with Crippen molar-refractivity contribution in [3.05, 3.63) is 16.1 Å². The molecule has 1 aromatic rings. The summed E-state index contributed by atoms with van der Waals surface area (Å²) in [4.78, 5) is 20.5. The Labute approximate surface area is 139 Å². The largest absolute Gasteiger partial charge is 0.481 e. The number of hydrogen-bond donors (Lipinski definition) is 1. The molecule has 0 spiro atoms. The number of carboxylic acid groups (broad SMARTS) is 1. The molecule has 0 amide bonds. The molecule has 0 aliphatic carbocycles. The first-order valence-corrected chi connectivity index (χ1v) is 10.3. The lowest BCUT2D eigenvalue weighted by molar-refractivity contribution is -0.137. The number of piperazine rings is 1. The van der Waals surface area contributed by atoms with Crippen LogP contribution in [-0.2, 0) is 21.2 Å². The van der Waals surface area contributed by atoms with E-state index in [1.807, 2.05) is 17.3 Å². The summed E-state index contributed by atoms with van der Waals surface area (Å²) in [5, 5.41) is 8.88. The monoisotopic (exact) mass is 359 g/mol. The van der Waals surface area contributed by atoms with Crippen molar-refractivity contribution in [2.24, 2.45) is 0 Å². The standard InChI is InChI=1S/C14H21N3O4S2/c1-10-13(22-9-15-10)6-17-5-4-16(3-2-14(18)19)11-7-23(20,21)8-12(11)17/h9,11-12H,2-8H2,1H3,(H,18,19)/t11-,12+/m1/s1. The molecule has 2 fully saturated rings. The van der Waals surface area contributed by atoms with Crippen LogP contribution in [0, 0.1) is 6.92 Å². The Kier molecular flexibility index (Phi) is 4.73. The van der Waals surface area contributed by atoms with Gasteiger partial charge in [0, 0.05) is 43.1 Å². The van der Waals surface area contributed by atoms with Gasteiger partial charge < -0.3 is 5.11 Å². The van der Waals surface area contributed by atoms with Gasteiger partial charge in [0.25, 0.3) is 0 Å². The first kappa shape index (κ1) is 16.8. The Morgan fingerprint density at radius 2 is 2.00 bits per heavy atom. The molecule has 3 heterocycles. The molecule has 7 nitrogen and oxygen atoms in total. The van der Waals surface area contributed by atoms with E-state index in [-0.39, 0.29) is 30.0 Å². The van der Waals surface area contributed by atoms with Gasteiger partial charge in [-0.15, -0.1) is 11.3 Å². The van der Waals surface area contributed by atoms with Crippen molar-refractivity contribution in [2.45, 2.75) is 32.0 Å². The maximum absolute atomic E-state index is 12.1. The molecule has 2 atom stereocenters. The van der Waals surface area contributed by atoms with Crippen LogP contribution < -0.4 is 0 Å². The summed E-state index contributed by atoms with van der Waals surface area (Å²) < 4.78 is 24.2. The first-order chi connectivity index (χ1) is 10.9. The molecule has 0 bridgehead atoms. The topological polar surface area (TPSA) is 90.8 Å². The molecule has 2 saturated heterocycles. The van der Waals surface area contributed by atoms with E-state index >= 15 is 0 Å². The first-order valence-electron chi connectivity index (χ1n) is 7.65. The normalized spacial score (nSPS) is 27.9. The second-order valence-electron chi connectivity index (χ2n) is 6.22. The smallest absolute Gasteiger partial charge is 0.304 e. The summed E-state index contributed by atoms with van der Waals surface area (Å²) in [6.07, 6.45) is 0.0528. The number of aliphatic carboxylic acids is 1. The van der Waals surface area contributed by atoms with Crippen molar-refractivity contribution < 1.29 is 18.3 Å². The van der Waals surface area contributed by atoms with Crippen LogP contribution in [-0.4, -0.2) is 77.5 Å². The van der Waals surface area contributed by atoms with Gasteiger partial charge >= 0.3 is 5.97 Å². The van der Waals surface area contributed by atoms with Gasteiger partial charge in [-0.05, 0) is 6.92 Å². The Balaban J connectivity index is 1.75. The third-order valence-corrected chi connectivity index (χ3v) is 7.33. The maximum Gasteiger partial charge on any atom is 0.304 e. The van der Waals surface area contributed by atoms with E-state index in [1.54, 1.807) is 11.3 Å². The van der Waals surface area contributed by atoms with Crippen molar-refractivity contribution in [1.82, 2.24) is 14.8 Å². The van der Waals surface area contributed by atoms with Crippen molar-refractivity contribution in [3.8, 4) is 0 Å². The molecule has 3 rings (SSSR count). The van der Waals surface area contributed by atoms with Gasteiger partial charge in [-0.25, -0.2) is 13.4 Å². The van der Waals surface area contributed by atoms with E-state index in [4.69, 9.17) is 5.11 Å². The average molecular weight is 359 g/mol. The SMILES string of the molecule is Cc1ncsc1CN1CCN(CCC(=O)O)[C@@H]2CS(=O)(=O)C[C@@H]21. The molecule has 128 valence electrons. The third-order valence-electron chi connectivity index (χ3n) is 4.71. The van der Waals surface area contributed by atoms with Crippen molar-refractivity contribution >= 4 is 27.1 Å². The highest BCUT2D eigenvalue weighted by atomic mass is 32.2. The Morgan fingerprint density at radius 1 is 1.35 bits per heavy atom. The molecular weight excluding hydrogens is 338 g/mol. The number of rotatable bonds is 5. The van der Waals surface area contributed by atoms with Gasteiger partial charge in [-0.3, -0.25) is 14.6 Å². The number of carboxylic acids is 1. The zero-order chi connectivity index (χ0) is 16.6. The Morgan fingerprint density at radius 3 is 2.61 bits per heavy atom. The second-order valence-corrected chi connectivity index (χ2v) is 9.32. The molecule has 0 radical (unpaired) electrons. The van der Waals surface area contributed by atoms with E-state index in [9.17, 15) is 13.2 Å². The van der Waals surface area contributed by atoms with Crippen molar-refractivity contribution in [3.63, 3.8) is 0 Å². The fourth-order valence-corrected chi connectivity index (χ4v) is 6.32. The highest BCUT2D eigenvalue weighted by Crippen LogP contribution is 2.29. The van der Waals surface area contributed by atoms with Crippen LogP contribution >= 0.6 is 11.3 Å². The number of sulfone groups is 1. The summed E-state index contributed by atoms with van der Waals surface area (Å²) in [6.45, 7) is 4.58. The molecule has 0 aromatic carbocycles. The molecule has 9 heteroatoms.